The van der Waals surface area contributed by atoms with Crippen LogP contribution in [0.15, 0.2) is 30.3 Å². The molecule has 0 aliphatic heterocycles. The molecule has 1 amide bonds. The lowest BCUT2D eigenvalue weighted by atomic mass is 9.97. The summed E-state index contributed by atoms with van der Waals surface area (Å²) >= 11 is 0. The topological polar surface area (TPSA) is 124 Å². The van der Waals surface area contributed by atoms with Gasteiger partial charge in [0.1, 0.15) is 0 Å². The van der Waals surface area contributed by atoms with E-state index in [9.17, 15) is 19.5 Å². The van der Waals surface area contributed by atoms with Crippen molar-refractivity contribution in [3.05, 3.63) is 35.9 Å². The summed E-state index contributed by atoms with van der Waals surface area (Å²) < 4.78 is 0. The van der Waals surface area contributed by atoms with E-state index in [1.165, 1.54) is 0 Å². The molecule has 0 saturated carbocycles. The summed E-state index contributed by atoms with van der Waals surface area (Å²) in [7, 11) is 0. The number of hydrogen-bond donors (Lipinski definition) is 4. The molecular formula is C14H17NO6. The molecule has 21 heavy (non-hydrogen) atoms. The van der Waals surface area contributed by atoms with Gasteiger partial charge in [0.2, 0.25) is 5.91 Å². The van der Waals surface area contributed by atoms with E-state index in [-0.39, 0.29) is 12.3 Å². The molecule has 0 spiro atoms. The second-order valence-electron chi connectivity index (χ2n) is 4.68. The second kappa shape index (κ2) is 7.39. The third-order valence-electron chi connectivity index (χ3n) is 3.01. The molecule has 1 aromatic carbocycles. The maximum absolute atomic E-state index is 11.8. The highest BCUT2D eigenvalue weighted by atomic mass is 16.4. The van der Waals surface area contributed by atoms with Crippen molar-refractivity contribution in [2.75, 3.05) is 0 Å². The smallest absolute Gasteiger partial charge is 0.335 e. The maximum Gasteiger partial charge on any atom is 0.335 e. The Bertz CT molecular complexity index is 515. The Morgan fingerprint density at radius 3 is 2.14 bits per heavy atom. The molecule has 0 saturated heterocycles. The van der Waals surface area contributed by atoms with Gasteiger partial charge in [-0.25, -0.2) is 9.59 Å². The number of carboxylic acid groups (broad SMARTS) is 2. The molecule has 1 aromatic rings. The first-order chi connectivity index (χ1) is 9.82. The van der Waals surface area contributed by atoms with Gasteiger partial charge in [0.05, 0.1) is 0 Å². The van der Waals surface area contributed by atoms with Crippen molar-refractivity contribution < 1.29 is 29.7 Å². The van der Waals surface area contributed by atoms with Crippen molar-refractivity contribution in [1.82, 2.24) is 5.32 Å². The van der Waals surface area contributed by atoms with Gasteiger partial charge < -0.3 is 20.6 Å². The molecule has 4 N–H and O–H groups in total. The van der Waals surface area contributed by atoms with Crippen molar-refractivity contribution in [3.63, 3.8) is 0 Å². The van der Waals surface area contributed by atoms with Gasteiger partial charge in [0, 0.05) is 6.42 Å². The van der Waals surface area contributed by atoms with Gasteiger partial charge in [0.15, 0.2) is 12.1 Å². The predicted octanol–water partition coefficient (Wildman–Crippen LogP) is 0.195. The first-order valence-corrected chi connectivity index (χ1v) is 6.31. The largest absolute Gasteiger partial charge is 0.480 e. The molecule has 0 bridgehead atoms. The SMILES string of the molecule is CC(CC(=O)N[C@H](C(=O)O)C(O)C(=O)O)c1ccccc1. The fourth-order valence-corrected chi connectivity index (χ4v) is 1.83. The number of amides is 1. The van der Waals surface area contributed by atoms with Gasteiger partial charge in [-0.1, -0.05) is 37.3 Å². The van der Waals surface area contributed by atoms with Crippen LogP contribution in [0.2, 0.25) is 0 Å². The lowest BCUT2D eigenvalue weighted by Gasteiger charge is -2.18. The summed E-state index contributed by atoms with van der Waals surface area (Å²) in [5, 5.41) is 28.8. The predicted molar refractivity (Wildman–Crippen MR) is 72.7 cm³/mol. The number of carboxylic acids is 2. The molecule has 0 fully saturated rings. The van der Waals surface area contributed by atoms with E-state index < -0.39 is 30.0 Å². The Morgan fingerprint density at radius 2 is 1.67 bits per heavy atom. The van der Waals surface area contributed by atoms with E-state index in [0.29, 0.717) is 0 Å². The highest BCUT2D eigenvalue weighted by molar-refractivity contribution is 5.89. The lowest BCUT2D eigenvalue weighted by Crippen LogP contribution is -2.51. The number of hydrogen-bond acceptors (Lipinski definition) is 4. The van der Waals surface area contributed by atoms with Gasteiger partial charge in [-0.05, 0) is 11.5 Å². The summed E-state index contributed by atoms with van der Waals surface area (Å²) in [5.41, 5.74) is 0.901. The molecule has 0 aliphatic carbocycles. The maximum atomic E-state index is 11.8. The van der Waals surface area contributed by atoms with Crippen molar-refractivity contribution in [2.24, 2.45) is 0 Å². The Balaban J connectivity index is 2.66. The number of carbonyl (C=O) groups excluding carboxylic acids is 1. The summed E-state index contributed by atoms with van der Waals surface area (Å²) in [6.45, 7) is 1.79. The van der Waals surface area contributed by atoms with Crippen molar-refractivity contribution in [2.45, 2.75) is 31.4 Å². The Labute approximate surface area is 121 Å². The Morgan fingerprint density at radius 1 is 1.10 bits per heavy atom. The van der Waals surface area contributed by atoms with E-state index in [0.717, 1.165) is 5.56 Å². The number of aliphatic hydroxyl groups excluding tert-OH is 1. The van der Waals surface area contributed by atoms with E-state index >= 15 is 0 Å². The minimum absolute atomic E-state index is 0.0138. The third-order valence-corrected chi connectivity index (χ3v) is 3.01. The summed E-state index contributed by atoms with van der Waals surface area (Å²) in [6.07, 6.45) is -2.21. The number of aliphatic hydroxyl groups is 1. The van der Waals surface area contributed by atoms with Crippen LogP contribution in [0, 0.1) is 0 Å². The van der Waals surface area contributed by atoms with Crippen LogP contribution in [-0.2, 0) is 14.4 Å². The fraction of sp³-hybridized carbons (Fsp3) is 0.357. The van der Waals surface area contributed by atoms with E-state index in [4.69, 9.17) is 10.2 Å². The highest BCUT2D eigenvalue weighted by Crippen LogP contribution is 2.18. The average molecular weight is 295 g/mol. The molecule has 2 unspecified atom stereocenters. The molecule has 7 heteroatoms. The van der Waals surface area contributed by atoms with Gasteiger partial charge >= 0.3 is 11.9 Å². The average Bonchev–Trinajstić information content (AvgIpc) is 2.44. The van der Waals surface area contributed by atoms with Crippen LogP contribution in [-0.4, -0.2) is 45.3 Å². The van der Waals surface area contributed by atoms with Gasteiger partial charge in [-0.3, -0.25) is 4.79 Å². The molecule has 1 rings (SSSR count). The Hall–Kier alpha value is -2.41. The van der Waals surface area contributed by atoms with Crippen molar-refractivity contribution in [3.8, 4) is 0 Å². The van der Waals surface area contributed by atoms with Crippen LogP contribution in [0.4, 0.5) is 0 Å². The number of benzene rings is 1. The second-order valence-corrected chi connectivity index (χ2v) is 4.68. The van der Waals surface area contributed by atoms with Gasteiger partial charge in [-0.2, -0.15) is 0 Å². The van der Waals surface area contributed by atoms with Crippen LogP contribution in [0.3, 0.4) is 0 Å². The summed E-state index contributed by atoms with van der Waals surface area (Å²) in [4.78, 5) is 33.3. The number of nitrogens with one attached hydrogen (secondary N) is 1. The Kier molecular flexibility index (Phi) is 5.86. The van der Waals surface area contributed by atoms with Crippen molar-refractivity contribution in [1.29, 1.82) is 0 Å². The summed E-state index contributed by atoms with van der Waals surface area (Å²) in [6, 6.07) is 7.26. The molecule has 114 valence electrons. The third kappa shape index (κ3) is 4.88. The standard InChI is InChI=1S/C14H17NO6/c1-8(9-5-3-2-4-6-9)7-10(16)15-11(13(18)19)12(17)14(20)21/h2-6,8,11-12,17H,7H2,1H3,(H,15,16)(H,18,19)(H,20,21)/t8?,11-,12?/m0/s1. The van der Waals surface area contributed by atoms with Crippen LogP contribution >= 0.6 is 0 Å². The van der Waals surface area contributed by atoms with Crippen molar-refractivity contribution >= 4 is 17.8 Å². The van der Waals surface area contributed by atoms with Gasteiger partial charge in [0.25, 0.3) is 0 Å². The first kappa shape index (κ1) is 16.6. The van der Waals surface area contributed by atoms with E-state index in [1.807, 2.05) is 35.6 Å². The molecule has 0 aliphatic rings. The zero-order valence-corrected chi connectivity index (χ0v) is 11.4. The summed E-state index contributed by atoms with van der Waals surface area (Å²) in [5.74, 6) is -4.12. The van der Waals surface area contributed by atoms with E-state index in [1.54, 1.807) is 6.92 Å². The molecule has 0 heterocycles. The fourth-order valence-electron chi connectivity index (χ4n) is 1.83. The number of rotatable bonds is 7. The minimum atomic E-state index is -2.20. The molecule has 0 radical (unpaired) electrons. The molecule has 0 aromatic heterocycles. The zero-order valence-electron chi connectivity index (χ0n) is 11.4. The lowest BCUT2D eigenvalue weighted by molar-refractivity contribution is -0.157. The molecule has 7 nitrogen and oxygen atoms in total. The van der Waals surface area contributed by atoms with Gasteiger partial charge in [-0.15, -0.1) is 0 Å². The molecule has 3 atom stereocenters. The van der Waals surface area contributed by atoms with Crippen LogP contribution in [0.25, 0.3) is 0 Å². The van der Waals surface area contributed by atoms with Crippen LogP contribution in [0.5, 0.6) is 0 Å². The molecular weight excluding hydrogens is 278 g/mol. The normalized spacial score (nSPS) is 14.8. The van der Waals surface area contributed by atoms with Crippen LogP contribution in [0.1, 0.15) is 24.8 Å². The minimum Gasteiger partial charge on any atom is -0.480 e. The first-order valence-electron chi connectivity index (χ1n) is 6.31. The van der Waals surface area contributed by atoms with Crippen LogP contribution < -0.4 is 5.32 Å². The monoisotopic (exact) mass is 295 g/mol. The zero-order chi connectivity index (χ0) is 16.0. The van der Waals surface area contributed by atoms with E-state index in [2.05, 4.69) is 0 Å². The highest BCUT2D eigenvalue weighted by Gasteiger charge is 2.33. The number of aliphatic carboxylic acids is 2. The number of carbonyl (C=O) groups is 3. The quantitative estimate of drug-likeness (QED) is 0.569.